The summed E-state index contributed by atoms with van der Waals surface area (Å²) in [5.41, 5.74) is 0.414. The van der Waals surface area contributed by atoms with E-state index in [4.69, 9.17) is 0 Å². The Kier molecular flexibility index (Phi) is 9.77. The van der Waals surface area contributed by atoms with Crippen LogP contribution >= 0.6 is 0 Å². The Morgan fingerprint density at radius 3 is 1.62 bits per heavy atom. The zero-order valence-electron chi connectivity index (χ0n) is 15.9. The first-order valence-electron chi connectivity index (χ1n) is 7.71. The standard InChI is InChI=1S/C11H22N.C7H13O.Y/c1-9-7-10(2,3)12(6)11(4,5)8-9;1-6(2)7(3,4)5-8;/h7-8H2,1-6H3;6H,1-4H3;/q2*-1;. The topological polar surface area (TPSA) is 20.3 Å². The molecule has 0 aromatic rings. The minimum Gasteiger partial charge on any atom is -0.541 e. The van der Waals surface area contributed by atoms with Crippen molar-refractivity contribution in [3.05, 3.63) is 5.92 Å². The fraction of sp³-hybridized carbons (Fsp3) is 0.889. The third kappa shape index (κ3) is 7.23. The summed E-state index contributed by atoms with van der Waals surface area (Å²) in [7, 11) is 2.24. The zero-order valence-corrected chi connectivity index (χ0v) is 18.8. The number of hydrogen-bond donors (Lipinski definition) is 0. The van der Waals surface area contributed by atoms with Gasteiger partial charge in [-0.2, -0.15) is 19.8 Å². The molecular weight excluding hydrogens is 335 g/mol. The van der Waals surface area contributed by atoms with Crippen molar-refractivity contribution in [1.82, 2.24) is 4.90 Å². The van der Waals surface area contributed by atoms with Gasteiger partial charge in [-0.3, -0.25) is 6.29 Å². The van der Waals surface area contributed by atoms with Crippen molar-refractivity contribution in [2.45, 2.75) is 86.2 Å². The van der Waals surface area contributed by atoms with Gasteiger partial charge in [-0.05, 0) is 45.8 Å². The Hall–Kier alpha value is 0.734. The monoisotopic (exact) mass is 370 g/mol. The first kappa shape index (κ1) is 24.0. The second-order valence-electron chi connectivity index (χ2n) is 8.47. The molecule has 0 atom stereocenters. The minimum absolute atomic E-state index is 0. The van der Waals surface area contributed by atoms with E-state index >= 15 is 0 Å². The molecule has 0 saturated carbocycles. The van der Waals surface area contributed by atoms with Gasteiger partial charge in [0.1, 0.15) is 0 Å². The van der Waals surface area contributed by atoms with Crippen LogP contribution in [0.3, 0.4) is 0 Å². The van der Waals surface area contributed by atoms with Gasteiger partial charge in [0.2, 0.25) is 0 Å². The van der Waals surface area contributed by atoms with Crippen LogP contribution in [0.5, 0.6) is 0 Å². The van der Waals surface area contributed by atoms with Crippen LogP contribution in [0.4, 0.5) is 0 Å². The molecule has 1 fully saturated rings. The van der Waals surface area contributed by atoms with Crippen molar-refractivity contribution < 1.29 is 37.5 Å². The average molecular weight is 370 g/mol. The van der Waals surface area contributed by atoms with Gasteiger partial charge in [-0.1, -0.05) is 33.6 Å². The van der Waals surface area contributed by atoms with Crippen molar-refractivity contribution in [3.63, 3.8) is 0 Å². The number of carbonyl (C=O) groups excluding carboxylic acids is 1. The summed E-state index contributed by atoms with van der Waals surface area (Å²) in [6.07, 6.45) is 4.48. The van der Waals surface area contributed by atoms with Gasteiger partial charge >= 0.3 is 0 Å². The largest absolute Gasteiger partial charge is 0.541 e. The second-order valence-corrected chi connectivity index (χ2v) is 8.47. The molecule has 123 valence electrons. The Morgan fingerprint density at radius 1 is 1.10 bits per heavy atom. The molecule has 3 heteroatoms. The van der Waals surface area contributed by atoms with Crippen molar-refractivity contribution in [2.75, 3.05) is 7.05 Å². The molecule has 1 aliphatic rings. The number of nitrogens with zero attached hydrogens (tertiary/aromatic N) is 1. The van der Waals surface area contributed by atoms with Crippen molar-refractivity contribution in [3.8, 4) is 0 Å². The van der Waals surface area contributed by atoms with E-state index in [9.17, 15) is 4.79 Å². The first-order chi connectivity index (χ1) is 8.76. The van der Waals surface area contributed by atoms with E-state index in [1.165, 1.54) is 12.8 Å². The van der Waals surface area contributed by atoms with Crippen LogP contribution < -0.4 is 0 Å². The molecule has 0 aromatic heterocycles. The van der Waals surface area contributed by atoms with Crippen LogP contribution in [0.2, 0.25) is 0 Å². The van der Waals surface area contributed by atoms with E-state index in [1.807, 2.05) is 34.0 Å². The van der Waals surface area contributed by atoms with Crippen molar-refractivity contribution >= 4 is 6.29 Å². The predicted molar refractivity (Wildman–Crippen MR) is 88.4 cm³/mol. The van der Waals surface area contributed by atoms with Crippen LogP contribution in [0, 0.1) is 17.3 Å². The second kappa shape index (κ2) is 8.55. The molecule has 21 heavy (non-hydrogen) atoms. The molecular formula is C18H35NOY-2. The van der Waals surface area contributed by atoms with Crippen LogP contribution in [-0.2, 0) is 37.5 Å². The molecule has 1 rings (SSSR count). The van der Waals surface area contributed by atoms with Crippen LogP contribution in [0.25, 0.3) is 0 Å². The average Bonchev–Trinajstić information content (AvgIpc) is 2.25. The molecule has 1 saturated heterocycles. The van der Waals surface area contributed by atoms with E-state index in [-0.39, 0.29) is 38.1 Å². The van der Waals surface area contributed by atoms with Gasteiger partial charge in [0.15, 0.2) is 0 Å². The first-order valence-corrected chi connectivity index (χ1v) is 7.71. The molecule has 0 unspecified atom stereocenters. The van der Waals surface area contributed by atoms with Gasteiger partial charge in [0.05, 0.1) is 0 Å². The summed E-state index contributed by atoms with van der Waals surface area (Å²) in [5.74, 6) is 2.03. The van der Waals surface area contributed by atoms with E-state index in [0.717, 1.165) is 0 Å². The quantitative estimate of drug-likeness (QED) is 0.660. The number of rotatable bonds is 2. The zero-order chi connectivity index (χ0) is 16.4. The summed E-state index contributed by atoms with van der Waals surface area (Å²) in [6, 6.07) is 0. The van der Waals surface area contributed by atoms with Gasteiger partial charge in [0, 0.05) is 32.7 Å². The van der Waals surface area contributed by atoms with Gasteiger partial charge in [-0.25, -0.2) is 0 Å². The summed E-state index contributed by atoms with van der Waals surface area (Å²) in [6.45, 7) is 19.4. The summed E-state index contributed by atoms with van der Waals surface area (Å²) >= 11 is 0. The third-order valence-corrected chi connectivity index (χ3v) is 4.99. The number of hydrogen-bond acceptors (Lipinski definition) is 2. The Labute approximate surface area is 158 Å². The smallest absolute Gasteiger partial charge is 0 e. The summed E-state index contributed by atoms with van der Waals surface area (Å²) in [4.78, 5) is 12.6. The normalized spacial score (nSPS) is 22.0. The Balaban J connectivity index is 0. The maximum Gasteiger partial charge on any atom is 0 e. The predicted octanol–water partition coefficient (Wildman–Crippen LogP) is 4.64. The molecule has 1 radical (unpaired) electrons. The van der Waals surface area contributed by atoms with E-state index in [2.05, 4.69) is 46.6 Å². The Bertz CT molecular complexity index is 303. The van der Waals surface area contributed by atoms with Gasteiger partial charge in [0.25, 0.3) is 0 Å². The SMILES string of the molecule is CC(C)C(C)(C)[C-]=O.C[C-]1CC(C)(C)N(C)C(C)(C)C1.[Y]. The molecule has 0 bridgehead atoms. The van der Waals surface area contributed by atoms with Crippen molar-refractivity contribution in [1.29, 1.82) is 0 Å². The van der Waals surface area contributed by atoms with Crippen molar-refractivity contribution in [2.24, 2.45) is 11.3 Å². The molecule has 1 aliphatic heterocycles. The fourth-order valence-corrected chi connectivity index (χ4v) is 2.71. The summed E-state index contributed by atoms with van der Waals surface area (Å²) in [5, 5.41) is 0. The molecule has 0 N–H and O–H groups in total. The van der Waals surface area contributed by atoms with E-state index in [1.54, 1.807) is 5.92 Å². The Morgan fingerprint density at radius 2 is 1.43 bits per heavy atom. The van der Waals surface area contributed by atoms with E-state index in [0.29, 0.717) is 17.0 Å². The molecule has 0 amide bonds. The molecule has 0 aliphatic carbocycles. The minimum atomic E-state index is -0.264. The fourth-order valence-electron chi connectivity index (χ4n) is 2.71. The van der Waals surface area contributed by atoms with Gasteiger partial charge < -0.3 is 15.6 Å². The maximum atomic E-state index is 10.1. The molecule has 1 heterocycles. The van der Waals surface area contributed by atoms with E-state index < -0.39 is 0 Å². The molecule has 0 aromatic carbocycles. The third-order valence-electron chi connectivity index (χ3n) is 4.99. The summed E-state index contributed by atoms with van der Waals surface area (Å²) < 4.78 is 0. The molecule has 0 spiro atoms. The maximum absolute atomic E-state index is 10.1. The molecule has 2 nitrogen and oxygen atoms in total. The number of piperidine rings is 1. The van der Waals surface area contributed by atoms with Gasteiger partial charge in [-0.15, -0.1) is 5.41 Å². The van der Waals surface area contributed by atoms with Crippen LogP contribution in [0.1, 0.15) is 75.2 Å². The van der Waals surface area contributed by atoms with Crippen LogP contribution in [0.15, 0.2) is 0 Å². The number of likely N-dealkylation sites (tertiary alicyclic amines) is 1. The van der Waals surface area contributed by atoms with Crippen LogP contribution in [-0.4, -0.2) is 29.3 Å².